The summed E-state index contributed by atoms with van der Waals surface area (Å²) in [5, 5.41) is 3.78. The van der Waals surface area contributed by atoms with Crippen LogP contribution in [0.25, 0.3) is 10.9 Å². The summed E-state index contributed by atoms with van der Waals surface area (Å²) < 4.78 is 2.23. The van der Waals surface area contributed by atoms with Crippen molar-refractivity contribution in [3.05, 3.63) is 65.4 Å². The summed E-state index contributed by atoms with van der Waals surface area (Å²) in [5.41, 5.74) is 4.65. The van der Waals surface area contributed by atoms with Crippen LogP contribution in [-0.2, 0) is 16.6 Å². The van der Waals surface area contributed by atoms with Crippen molar-refractivity contribution in [3.8, 4) is 0 Å². The molecule has 3 aromatic rings. The fraction of sp³-hybridized carbons (Fsp3) is 0.360. The first-order chi connectivity index (χ1) is 14.7. The zero-order valence-corrected chi connectivity index (χ0v) is 18.9. The first-order valence-corrected chi connectivity index (χ1v) is 11.7. The Bertz CT molecular complexity index is 1130. The molecule has 5 heteroatoms. The first-order valence-electron chi connectivity index (χ1n) is 10.8. The monoisotopic (exact) mass is 420 g/mol. The molecule has 1 saturated heterocycles. The van der Waals surface area contributed by atoms with E-state index < -0.39 is 0 Å². The minimum absolute atomic E-state index is 0.0689. The van der Waals surface area contributed by atoms with Crippen LogP contribution in [0.4, 0.5) is 0 Å². The molecule has 0 bridgehead atoms. The minimum atomic E-state index is -0.383. The van der Waals surface area contributed by atoms with E-state index in [0.29, 0.717) is 0 Å². The van der Waals surface area contributed by atoms with E-state index in [1.807, 2.05) is 45.9 Å². The summed E-state index contributed by atoms with van der Waals surface area (Å²) in [5.74, 6) is -0.808. The van der Waals surface area contributed by atoms with Gasteiger partial charge in [-0.25, -0.2) is 0 Å². The molecule has 30 heavy (non-hydrogen) atoms. The lowest BCUT2D eigenvalue weighted by atomic mass is 9.71. The molecule has 4 atom stereocenters. The molecule has 2 aromatic carbocycles. The molecular weight excluding hydrogens is 392 g/mol. The van der Waals surface area contributed by atoms with Gasteiger partial charge in [-0.15, -0.1) is 11.8 Å². The average Bonchev–Trinajstić information content (AvgIpc) is 3.41. The molecule has 1 aliphatic carbocycles. The van der Waals surface area contributed by atoms with Crippen LogP contribution in [0, 0.1) is 5.92 Å². The van der Waals surface area contributed by atoms with Crippen molar-refractivity contribution in [2.24, 2.45) is 13.0 Å². The Balaban J connectivity index is 0.000000516. The number of nitrogens with zero attached hydrogens (tertiary/aromatic N) is 1. The fourth-order valence-electron chi connectivity index (χ4n) is 5.21. The van der Waals surface area contributed by atoms with Gasteiger partial charge in [-0.3, -0.25) is 14.9 Å². The number of amides is 2. The smallest absolute Gasteiger partial charge is 0.235 e. The van der Waals surface area contributed by atoms with Crippen LogP contribution in [0.2, 0.25) is 0 Å². The number of imide groups is 1. The van der Waals surface area contributed by atoms with E-state index >= 15 is 0 Å². The van der Waals surface area contributed by atoms with Gasteiger partial charge < -0.3 is 4.57 Å². The number of hydrogen-bond donors (Lipinski definition) is 1. The predicted molar refractivity (Wildman–Crippen MR) is 123 cm³/mol. The van der Waals surface area contributed by atoms with Gasteiger partial charge in [0, 0.05) is 39.7 Å². The number of benzene rings is 2. The van der Waals surface area contributed by atoms with Gasteiger partial charge in [-0.1, -0.05) is 64.1 Å². The number of rotatable bonds is 0. The number of para-hydroxylation sites is 1. The molecule has 2 amide bonds. The Morgan fingerprint density at radius 3 is 2.30 bits per heavy atom. The summed E-state index contributed by atoms with van der Waals surface area (Å²) in [6.45, 7) is 8.00. The van der Waals surface area contributed by atoms with Crippen molar-refractivity contribution in [1.82, 2.24) is 9.88 Å². The minimum Gasteiger partial charge on any atom is -0.347 e. The van der Waals surface area contributed by atoms with E-state index in [1.165, 1.54) is 16.2 Å². The highest BCUT2D eigenvalue weighted by Crippen LogP contribution is 2.60. The van der Waals surface area contributed by atoms with Gasteiger partial charge in [0.25, 0.3) is 0 Å². The summed E-state index contributed by atoms with van der Waals surface area (Å²) in [7, 11) is 2.08. The molecule has 0 saturated carbocycles. The van der Waals surface area contributed by atoms with Crippen LogP contribution in [0.15, 0.2) is 53.4 Å². The van der Waals surface area contributed by atoms with Crippen molar-refractivity contribution in [3.63, 3.8) is 0 Å². The van der Waals surface area contributed by atoms with Crippen molar-refractivity contribution in [2.45, 2.75) is 49.7 Å². The zero-order chi connectivity index (χ0) is 21.6. The molecule has 0 radical (unpaired) electrons. The third-order valence-corrected chi connectivity index (χ3v) is 7.65. The molecule has 4 nitrogen and oxygen atoms in total. The van der Waals surface area contributed by atoms with E-state index in [0.717, 1.165) is 16.5 Å². The van der Waals surface area contributed by atoms with Gasteiger partial charge in [-0.2, -0.15) is 0 Å². The molecule has 1 N–H and O–H groups in total. The number of carbonyl (C=O) groups is 2. The van der Waals surface area contributed by atoms with E-state index in [4.69, 9.17) is 0 Å². The molecular formula is C25H28N2O2S. The maximum atomic E-state index is 12.7. The van der Waals surface area contributed by atoms with Crippen molar-refractivity contribution in [1.29, 1.82) is 0 Å². The third kappa shape index (κ3) is 2.68. The Hall–Kier alpha value is -2.53. The lowest BCUT2D eigenvalue weighted by Crippen LogP contribution is -2.36. The number of nitrogens with one attached hydrogen (secondary N) is 1. The largest absolute Gasteiger partial charge is 0.347 e. The molecule has 1 fully saturated rings. The van der Waals surface area contributed by atoms with Gasteiger partial charge in [0.15, 0.2) is 0 Å². The first kappa shape index (κ1) is 20.7. The Labute approximate surface area is 182 Å². The number of aryl methyl sites for hydroxylation is 1. The number of hydrogen-bond acceptors (Lipinski definition) is 3. The third-order valence-electron chi connectivity index (χ3n) is 6.19. The average molecular weight is 421 g/mol. The number of carbonyl (C=O) groups excluding carboxylic acids is 2. The van der Waals surface area contributed by atoms with E-state index in [9.17, 15) is 9.59 Å². The van der Waals surface area contributed by atoms with Gasteiger partial charge in [0.2, 0.25) is 11.8 Å². The maximum absolute atomic E-state index is 12.7. The molecule has 156 valence electrons. The summed E-state index contributed by atoms with van der Waals surface area (Å²) in [4.78, 5) is 26.7. The highest BCUT2D eigenvalue weighted by atomic mass is 32.2. The van der Waals surface area contributed by atoms with Crippen LogP contribution in [0.3, 0.4) is 0 Å². The van der Waals surface area contributed by atoms with Gasteiger partial charge in [0.05, 0.1) is 11.8 Å². The Kier molecular flexibility index (Phi) is 5.49. The number of aromatic nitrogens is 1. The standard InChI is InChI=1S/C21H16N2O2S.2C2H6/c1-23-12-8-4-2-6-10(12)14-16-17(21(25)22-20(16)24)19-15(18(14)23)11-7-3-5-9-13(11)26-19;2*1-2/h2-9,15-17,19H,1H3,(H,22,24,25);2*1-2H3. The zero-order valence-electron chi connectivity index (χ0n) is 18.1. The van der Waals surface area contributed by atoms with E-state index in [2.05, 4.69) is 47.3 Å². The van der Waals surface area contributed by atoms with Crippen LogP contribution in [0.1, 0.15) is 56.4 Å². The van der Waals surface area contributed by atoms with Crippen LogP contribution in [-0.4, -0.2) is 21.6 Å². The SMILES string of the molecule is CC.CC.Cn1c2c(c3ccccc31)C1C(=O)NC(=O)C1C1Sc3ccccc3C21. The molecule has 3 heterocycles. The second-order valence-corrected chi connectivity index (χ2v) is 8.55. The predicted octanol–water partition coefficient (Wildman–Crippen LogP) is 5.21. The molecule has 0 spiro atoms. The number of thioether (sulfide) groups is 1. The topological polar surface area (TPSA) is 51.1 Å². The quantitative estimate of drug-likeness (QED) is 0.508. The number of fused-ring (bicyclic) bond motifs is 10. The highest BCUT2D eigenvalue weighted by Gasteiger charge is 2.58. The van der Waals surface area contributed by atoms with Crippen LogP contribution < -0.4 is 5.32 Å². The second-order valence-electron chi connectivity index (χ2n) is 7.33. The molecule has 2 aliphatic heterocycles. The summed E-state index contributed by atoms with van der Waals surface area (Å²) in [6.07, 6.45) is 0. The van der Waals surface area contributed by atoms with Crippen molar-refractivity contribution in [2.75, 3.05) is 0 Å². The fourth-order valence-corrected chi connectivity index (χ4v) is 6.83. The summed E-state index contributed by atoms with van der Waals surface area (Å²) >= 11 is 1.76. The van der Waals surface area contributed by atoms with Crippen LogP contribution in [0.5, 0.6) is 0 Å². The normalized spacial score (nSPS) is 25.1. The van der Waals surface area contributed by atoms with E-state index in [-0.39, 0.29) is 34.8 Å². The molecule has 3 aliphatic rings. The summed E-state index contributed by atoms with van der Waals surface area (Å²) in [6, 6.07) is 16.6. The van der Waals surface area contributed by atoms with Crippen molar-refractivity contribution >= 4 is 34.5 Å². The molecule has 6 rings (SSSR count). The molecule has 1 aromatic heterocycles. The van der Waals surface area contributed by atoms with Gasteiger partial charge in [0.1, 0.15) is 0 Å². The molecule has 4 unspecified atom stereocenters. The van der Waals surface area contributed by atoms with Crippen LogP contribution >= 0.6 is 11.8 Å². The maximum Gasteiger partial charge on any atom is 0.235 e. The van der Waals surface area contributed by atoms with Crippen molar-refractivity contribution < 1.29 is 9.59 Å². The Morgan fingerprint density at radius 1 is 0.867 bits per heavy atom. The lowest BCUT2D eigenvalue weighted by molar-refractivity contribution is -0.125. The van der Waals surface area contributed by atoms with Gasteiger partial charge in [-0.05, 0) is 23.3 Å². The second kappa shape index (κ2) is 7.95. The highest BCUT2D eigenvalue weighted by molar-refractivity contribution is 8.00. The lowest BCUT2D eigenvalue weighted by Gasteiger charge is -2.34. The Morgan fingerprint density at radius 2 is 1.53 bits per heavy atom. The van der Waals surface area contributed by atoms with Gasteiger partial charge >= 0.3 is 0 Å². The van der Waals surface area contributed by atoms with E-state index in [1.54, 1.807) is 11.8 Å².